The first-order chi connectivity index (χ1) is 11.1. The molecule has 0 amide bonds. The van der Waals surface area contributed by atoms with E-state index in [1.54, 1.807) is 6.33 Å². The first-order valence-electron chi connectivity index (χ1n) is 8.12. The summed E-state index contributed by atoms with van der Waals surface area (Å²) in [5.74, 6) is 2.38. The summed E-state index contributed by atoms with van der Waals surface area (Å²) in [4.78, 5) is 10.7. The Bertz CT molecular complexity index is 635. The van der Waals surface area contributed by atoms with E-state index in [0.29, 0.717) is 18.3 Å². The van der Waals surface area contributed by atoms with Gasteiger partial charge in [0, 0.05) is 37.4 Å². The zero-order valence-electron chi connectivity index (χ0n) is 13.7. The summed E-state index contributed by atoms with van der Waals surface area (Å²) in [5.41, 5.74) is 0.969. The van der Waals surface area contributed by atoms with Gasteiger partial charge in [-0.05, 0) is 38.8 Å². The number of β-amino-alcohol motifs (C(OH)–C–C–N with tert-alkyl or cyclic N) is 1. The van der Waals surface area contributed by atoms with Crippen LogP contribution in [0.25, 0.3) is 0 Å². The van der Waals surface area contributed by atoms with Crippen molar-refractivity contribution in [2.24, 2.45) is 0 Å². The molecule has 2 aromatic rings. The van der Waals surface area contributed by atoms with Gasteiger partial charge in [-0.15, -0.1) is 0 Å². The van der Waals surface area contributed by atoms with Crippen LogP contribution in [0.4, 0.5) is 5.82 Å². The van der Waals surface area contributed by atoms with Crippen LogP contribution in [0.3, 0.4) is 0 Å². The summed E-state index contributed by atoms with van der Waals surface area (Å²) in [6, 6.07) is 6.13. The van der Waals surface area contributed by atoms with Gasteiger partial charge in [-0.2, -0.15) is 0 Å². The molecule has 0 aromatic carbocycles. The molecule has 1 aliphatic heterocycles. The summed E-state index contributed by atoms with van der Waals surface area (Å²) in [6.07, 6.45) is 3.10. The Morgan fingerprint density at radius 2 is 2.09 bits per heavy atom. The molecule has 0 aliphatic carbocycles. The van der Waals surface area contributed by atoms with Crippen LogP contribution in [-0.2, 0) is 0 Å². The van der Waals surface area contributed by atoms with E-state index < -0.39 is 6.10 Å². The van der Waals surface area contributed by atoms with E-state index in [1.807, 2.05) is 32.0 Å². The van der Waals surface area contributed by atoms with E-state index in [-0.39, 0.29) is 0 Å². The Balaban J connectivity index is 1.46. The molecule has 1 unspecified atom stereocenters. The average Bonchev–Trinajstić information content (AvgIpc) is 2.96. The van der Waals surface area contributed by atoms with Crippen LogP contribution in [0.2, 0.25) is 0 Å². The van der Waals surface area contributed by atoms with Gasteiger partial charge < -0.3 is 19.7 Å². The largest absolute Gasteiger partial charge is 0.464 e. The Kier molecular flexibility index (Phi) is 4.93. The third kappa shape index (κ3) is 4.30. The maximum Gasteiger partial charge on any atom is 0.133 e. The van der Waals surface area contributed by atoms with Crippen molar-refractivity contribution in [2.45, 2.75) is 38.8 Å². The summed E-state index contributed by atoms with van der Waals surface area (Å²) in [7, 11) is 0. The third-order valence-corrected chi connectivity index (χ3v) is 4.26. The normalized spacial score (nSPS) is 18.0. The molecule has 6 nitrogen and oxygen atoms in total. The van der Waals surface area contributed by atoms with Crippen molar-refractivity contribution in [1.82, 2.24) is 14.9 Å². The molecule has 0 bridgehead atoms. The second-order valence-electron chi connectivity index (χ2n) is 6.23. The summed E-state index contributed by atoms with van der Waals surface area (Å²) in [6.45, 7) is 6.39. The van der Waals surface area contributed by atoms with Gasteiger partial charge in [0.2, 0.25) is 0 Å². The topological polar surface area (TPSA) is 74.4 Å². The maximum absolute atomic E-state index is 10.2. The van der Waals surface area contributed by atoms with E-state index in [0.717, 1.165) is 43.2 Å². The Labute approximate surface area is 136 Å². The highest BCUT2D eigenvalue weighted by molar-refractivity contribution is 5.35. The molecule has 124 valence electrons. The van der Waals surface area contributed by atoms with E-state index in [9.17, 15) is 5.11 Å². The quantitative estimate of drug-likeness (QED) is 0.881. The lowest BCUT2D eigenvalue weighted by Crippen LogP contribution is -2.41. The van der Waals surface area contributed by atoms with Gasteiger partial charge in [-0.25, -0.2) is 9.97 Å². The standard InChI is InChI=1S/C17H24N4O2/c1-12-9-17(19-11-18-12)20-14-5-7-21(8-6-14)10-15(22)16-4-3-13(2)23-16/h3-4,9,11,14-15,22H,5-8,10H2,1-2H3,(H,18,19,20). The highest BCUT2D eigenvalue weighted by atomic mass is 16.4. The molecule has 1 saturated heterocycles. The van der Waals surface area contributed by atoms with Crippen molar-refractivity contribution in [3.05, 3.63) is 41.7 Å². The first kappa shape index (κ1) is 16.0. The molecule has 3 heterocycles. The van der Waals surface area contributed by atoms with Crippen molar-refractivity contribution in [3.8, 4) is 0 Å². The minimum absolute atomic E-state index is 0.420. The number of piperidine rings is 1. The number of furan rings is 1. The van der Waals surface area contributed by atoms with Crippen LogP contribution in [0.15, 0.2) is 28.9 Å². The number of nitrogens with one attached hydrogen (secondary N) is 1. The zero-order chi connectivity index (χ0) is 16.2. The number of aliphatic hydroxyl groups excluding tert-OH is 1. The number of aliphatic hydroxyl groups is 1. The fourth-order valence-corrected chi connectivity index (χ4v) is 2.97. The molecule has 3 rings (SSSR count). The van der Waals surface area contributed by atoms with Crippen LogP contribution in [0.1, 0.15) is 36.2 Å². The van der Waals surface area contributed by atoms with Gasteiger partial charge in [0.15, 0.2) is 0 Å². The van der Waals surface area contributed by atoms with Crippen molar-refractivity contribution >= 4 is 5.82 Å². The Hall–Kier alpha value is -1.92. The highest BCUT2D eigenvalue weighted by Gasteiger charge is 2.22. The number of aryl methyl sites for hydroxylation is 2. The molecule has 6 heteroatoms. The van der Waals surface area contributed by atoms with Gasteiger partial charge in [0.1, 0.15) is 29.8 Å². The summed E-state index contributed by atoms with van der Waals surface area (Å²) < 4.78 is 5.49. The lowest BCUT2D eigenvalue weighted by Gasteiger charge is -2.33. The molecular weight excluding hydrogens is 292 g/mol. The minimum atomic E-state index is -0.558. The lowest BCUT2D eigenvalue weighted by atomic mass is 10.0. The number of anilines is 1. The van der Waals surface area contributed by atoms with Gasteiger partial charge in [-0.3, -0.25) is 0 Å². The lowest BCUT2D eigenvalue weighted by molar-refractivity contribution is 0.0825. The maximum atomic E-state index is 10.2. The van der Waals surface area contributed by atoms with Crippen molar-refractivity contribution in [1.29, 1.82) is 0 Å². The highest BCUT2D eigenvalue weighted by Crippen LogP contribution is 2.20. The van der Waals surface area contributed by atoms with Crippen LogP contribution in [0, 0.1) is 13.8 Å². The monoisotopic (exact) mass is 316 g/mol. The van der Waals surface area contributed by atoms with Crippen LogP contribution in [-0.4, -0.2) is 45.7 Å². The van der Waals surface area contributed by atoms with E-state index in [4.69, 9.17) is 4.42 Å². The molecule has 2 aromatic heterocycles. The van der Waals surface area contributed by atoms with Crippen molar-refractivity contribution in [2.75, 3.05) is 25.0 Å². The van der Waals surface area contributed by atoms with E-state index >= 15 is 0 Å². The molecule has 0 radical (unpaired) electrons. The second-order valence-corrected chi connectivity index (χ2v) is 6.23. The fraction of sp³-hybridized carbons (Fsp3) is 0.529. The van der Waals surface area contributed by atoms with E-state index in [1.165, 1.54) is 0 Å². The second kappa shape index (κ2) is 7.10. The summed E-state index contributed by atoms with van der Waals surface area (Å²) in [5, 5.41) is 13.7. The Morgan fingerprint density at radius 1 is 1.30 bits per heavy atom. The number of hydrogen-bond acceptors (Lipinski definition) is 6. The molecule has 23 heavy (non-hydrogen) atoms. The van der Waals surface area contributed by atoms with Crippen LogP contribution >= 0.6 is 0 Å². The van der Waals surface area contributed by atoms with E-state index in [2.05, 4.69) is 20.2 Å². The predicted octanol–water partition coefficient (Wildman–Crippen LogP) is 2.30. The number of rotatable bonds is 5. The molecular formula is C17H24N4O2. The number of hydrogen-bond donors (Lipinski definition) is 2. The third-order valence-electron chi connectivity index (χ3n) is 4.26. The molecule has 1 atom stereocenters. The molecule has 1 aliphatic rings. The fourth-order valence-electron chi connectivity index (χ4n) is 2.97. The number of likely N-dealkylation sites (tertiary alicyclic amines) is 1. The first-order valence-corrected chi connectivity index (χ1v) is 8.12. The zero-order valence-corrected chi connectivity index (χ0v) is 13.7. The number of nitrogens with zero attached hydrogens (tertiary/aromatic N) is 3. The van der Waals surface area contributed by atoms with Crippen molar-refractivity contribution in [3.63, 3.8) is 0 Å². The van der Waals surface area contributed by atoms with Gasteiger partial charge in [0.25, 0.3) is 0 Å². The molecule has 2 N–H and O–H groups in total. The molecule has 0 saturated carbocycles. The SMILES string of the molecule is Cc1cc(NC2CCN(CC(O)c3ccc(C)o3)CC2)ncn1. The summed E-state index contributed by atoms with van der Waals surface area (Å²) >= 11 is 0. The smallest absolute Gasteiger partial charge is 0.133 e. The number of aromatic nitrogens is 2. The Morgan fingerprint density at radius 3 is 2.74 bits per heavy atom. The van der Waals surface area contributed by atoms with Gasteiger partial charge >= 0.3 is 0 Å². The molecule has 1 fully saturated rings. The van der Waals surface area contributed by atoms with Gasteiger partial charge in [-0.1, -0.05) is 0 Å². The van der Waals surface area contributed by atoms with Gasteiger partial charge in [0.05, 0.1) is 0 Å². The minimum Gasteiger partial charge on any atom is -0.464 e. The average molecular weight is 316 g/mol. The molecule has 0 spiro atoms. The van der Waals surface area contributed by atoms with Crippen LogP contribution < -0.4 is 5.32 Å². The van der Waals surface area contributed by atoms with Crippen molar-refractivity contribution < 1.29 is 9.52 Å². The predicted molar refractivity (Wildman–Crippen MR) is 88.3 cm³/mol. The van der Waals surface area contributed by atoms with Crippen LogP contribution in [0.5, 0.6) is 0 Å².